The summed E-state index contributed by atoms with van der Waals surface area (Å²) in [5, 5.41) is 34.5. The summed E-state index contributed by atoms with van der Waals surface area (Å²) in [5.74, 6) is -4.64. The van der Waals surface area contributed by atoms with Crippen molar-refractivity contribution < 1.29 is 44.0 Å². The molecule has 398 valence electrons. The Kier molecular flexibility index (Phi) is 42.1. The van der Waals surface area contributed by atoms with Gasteiger partial charge in [0.25, 0.3) is 5.91 Å². The third-order valence-electron chi connectivity index (χ3n) is 13.6. The molecule has 14 nitrogen and oxygen atoms in total. The fraction of sp³-hybridized carbons (Fsp3) is 0.907. The number of unbranched alkanes of at least 4 members (excludes halogenated alkanes) is 30. The Morgan fingerprint density at radius 1 is 0.353 bits per heavy atom. The molecular formula is C54H100N5O9-3. The predicted octanol–water partition coefficient (Wildman–Crippen LogP) is 6.35. The van der Waals surface area contributed by atoms with Gasteiger partial charge in [-0.15, -0.1) is 0 Å². The Labute approximate surface area is 414 Å². The van der Waals surface area contributed by atoms with E-state index in [1.54, 1.807) is 19.6 Å². The largest absolute Gasteiger partial charge is 0.549 e. The van der Waals surface area contributed by atoms with Crippen molar-refractivity contribution in [3.8, 4) is 0 Å². The predicted molar refractivity (Wildman–Crippen MR) is 267 cm³/mol. The summed E-state index contributed by atoms with van der Waals surface area (Å²) in [4.78, 5) is 69.9. The minimum absolute atomic E-state index is 0.166. The monoisotopic (exact) mass is 963 g/mol. The van der Waals surface area contributed by atoms with Crippen LogP contribution in [0.3, 0.4) is 0 Å². The van der Waals surface area contributed by atoms with Gasteiger partial charge in [0.15, 0.2) is 6.61 Å². The number of esters is 1. The lowest BCUT2D eigenvalue weighted by molar-refractivity contribution is -0.308. The topological polar surface area (TPSA) is 180 Å². The number of aliphatic carboxylic acids is 3. The lowest BCUT2D eigenvalue weighted by atomic mass is 10.0. The van der Waals surface area contributed by atoms with E-state index in [1.165, 1.54) is 167 Å². The van der Waals surface area contributed by atoms with E-state index < -0.39 is 23.9 Å². The summed E-state index contributed by atoms with van der Waals surface area (Å²) < 4.78 is 5.58. The molecule has 1 rings (SSSR count). The van der Waals surface area contributed by atoms with E-state index in [9.17, 15) is 39.3 Å². The van der Waals surface area contributed by atoms with Gasteiger partial charge in [-0.3, -0.25) is 29.2 Å². The van der Waals surface area contributed by atoms with E-state index in [0.29, 0.717) is 13.1 Å². The number of hydrogen-bond acceptors (Lipinski definition) is 13. The minimum atomic E-state index is -1.29. The van der Waals surface area contributed by atoms with Crippen molar-refractivity contribution in [2.24, 2.45) is 0 Å². The van der Waals surface area contributed by atoms with Gasteiger partial charge in [-0.05, 0) is 12.8 Å². The van der Waals surface area contributed by atoms with Crippen LogP contribution in [0.2, 0.25) is 0 Å². The van der Waals surface area contributed by atoms with Gasteiger partial charge in [-0.25, -0.2) is 0 Å². The minimum Gasteiger partial charge on any atom is -0.549 e. The Hall–Kier alpha value is -2.81. The van der Waals surface area contributed by atoms with Crippen LogP contribution in [0.25, 0.3) is 0 Å². The second kappa shape index (κ2) is 45.3. The van der Waals surface area contributed by atoms with Crippen molar-refractivity contribution >= 4 is 29.8 Å². The van der Waals surface area contributed by atoms with Crippen molar-refractivity contribution in [3.63, 3.8) is 0 Å². The molecule has 0 unspecified atom stereocenters. The summed E-state index contributed by atoms with van der Waals surface area (Å²) in [6, 6.07) is 0. The summed E-state index contributed by atoms with van der Waals surface area (Å²) >= 11 is 0. The van der Waals surface area contributed by atoms with Gasteiger partial charge in [-0.2, -0.15) is 0 Å². The van der Waals surface area contributed by atoms with Crippen LogP contribution < -0.4 is 15.3 Å². The number of carboxylic acid groups (broad SMARTS) is 3. The summed E-state index contributed by atoms with van der Waals surface area (Å²) in [5.41, 5.74) is 0. The SMILES string of the molecule is CCCCCCCCCCCCCCCCCCN(CCCCCCCCCCCCCCCCCC)C(=O)COC(=O)CN1CCN(CC(=O)[O-])CCN(CC(=O)[O-])CCN(CC(=O)[O-])CC1. The highest BCUT2D eigenvalue weighted by Crippen LogP contribution is 2.16. The number of carbonyl (C=O) groups excluding carboxylic acids is 5. The first-order chi connectivity index (χ1) is 33.0. The van der Waals surface area contributed by atoms with E-state index in [-0.39, 0.29) is 91.1 Å². The molecule has 1 aliphatic rings. The molecular weight excluding hydrogens is 863 g/mol. The van der Waals surface area contributed by atoms with Crippen molar-refractivity contribution in [2.75, 3.05) is 98.2 Å². The maximum atomic E-state index is 13.6. The average molecular weight is 963 g/mol. The molecule has 1 saturated heterocycles. The zero-order chi connectivity index (χ0) is 49.7. The zero-order valence-corrected chi connectivity index (χ0v) is 43.6. The maximum Gasteiger partial charge on any atom is 0.320 e. The van der Waals surface area contributed by atoms with E-state index in [1.807, 2.05) is 4.90 Å². The summed E-state index contributed by atoms with van der Waals surface area (Å²) in [6.45, 7) is 5.95. The Balaban J connectivity index is 2.65. The normalized spacial score (nSPS) is 14.9. The lowest BCUT2D eigenvalue weighted by Gasteiger charge is -2.34. The first kappa shape index (κ1) is 63.2. The van der Waals surface area contributed by atoms with E-state index >= 15 is 0 Å². The molecule has 0 saturated carbocycles. The second-order valence-electron chi connectivity index (χ2n) is 19.9. The average Bonchev–Trinajstić information content (AvgIpc) is 3.30. The van der Waals surface area contributed by atoms with Gasteiger partial charge in [0.1, 0.15) is 0 Å². The number of rotatable bonds is 44. The number of nitrogens with zero attached hydrogens (tertiary/aromatic N) is 5. The maximum absolute atomic E-state index is 13.6. The zero-order valence-electron chi connectivity index (χ0n) is 43.6. The number of hydrogen-bond donors (Lipinski definition) is 0. The highest BCUT2D eigenvalue weighted by Gasteiger charge is 2.21. The van der Waals surface area contributed by atoms with Crippen LogP contribution in [0.5, 0.6) is 0 Å². The molecule has 14 heteroatoms. The molecule has 0 aromatic carbocycles. The van der Waals surface area contributed by atoms with E-state index in [2.05, 4.69) is 13.8 Å². The number of carboxylic acids is 3. The highest BCUT2D eigenvalue weighted by atomic mass is 16.5. The molecule has 0 spiro atoms. The van der Waals surface area contributed by atoms with Gasteiger partial charge in [-0.1, -0.05) is 206 Å². The Bertz CT molecular complexity index is 1190. The van der Waals surface area contributed by atoms with Crippen LogP contribution in [-0.2, 0) is 28.7 Å². The molecule has 0 aromatic heterocycles. The van der Waals surface area contributed by atoms with E-state index in [4.69, 9.17) is 4.74 Å². The molecule has 0 aromatic rings. The smallest absolute Gasteiger partial charge is 0.320 e. The fourth-order valence-corrected chi connectivity index (χ4v) is 9.28. The first-order valence-corrected chi connectivity index (χ1v) is 28.0. The van der Waals surface area contributed by atoms with Gasteiger partial charge in [0.05, 0.1) is 24.5 Å². The van der Waals surface area contributed by atoms with Crippen molar-refractivity contribution in [3.05, 3.63) is 0 Å². The standard InChI is InChI=1S/C54H103N5O9/c1-3-5-7-9-11-13-15-17-19-21-23-25-27-29-31-33-35-59(36-34-32-30-28-26-24-22-20-18-16-14-12-10-8-6-4-2)50(60)49-68-54(67)48-58-43-41-56(46-52(63)64)39-37-55(45-51(61)62)38-40-57(42-44-58)47-53(65)66/h3-49H2,1-2H3,(H,61,62)(H,63,64)(H,65,66)/p-3. The molecule has 0 aliphatic carbocycles. The molecule has 68 heavy (non-hydrogen) atoms. The van der Waals surface area contributed by atoms with Crippen molar-refractivity contribution in [1.82, 2.24) is 24.5 Å². The molecule has 1 aliphatic heterocycles. The number of amides is 1. The third-order valence-corrected chi connectivity index (χ3v) is 13.6. The Morgan fingerprint density at radius 3 is 0.809 bits per heavy atom. The molecule has 1 amide bonds. The summed E-state index contributed by atoms with van der Waals surface area (Å²) in [7, 11) is 0. The van der Waals surface area contributed by atoms with Crippen LogP contribution in [0.15, 0.2) is 0 Å². The van der Waals surface area contributed by atoms with Crippen LogP contribution in [0.4, 0.5) is 0 Å². The van der Waals surface area contributed by atoms with Crippen LogP contribution in [0, 0.1) is 0 Å². The molecule has 0 bridgehead atoms. The van der Waals surface area contributed by atoms with Gasteiger partial charge >= 0.3 is 5.97 Å². The quantitative estimate of drug-likeness (QED) is 0.0488. The third kappa shape index (κ3) is 40.0. The van der Waals surface area contributed by atoms with E-state index in [0.717, 1.165) is 38.5 Å². The molecule has 0 N–H and O–H groups in total. The number of carbonyl (C=O) groups is 5. The number of ether oxygens (including phenoxy) is 1. The van der Waals surface area contributed by atoms with Gasteiger partial charge in [0.2, 0.25) is 0 Å². The van der Waals surface area contributed by atoms with Crippen molar-refractivity contribution in [2.45, 2.75) is 219 Å². The van der Waals surface area contributed by atoms with Gasteiger partial charge < -0.3 is 39.3 Å². The first-order valence-electron chi connectivity index (χ1n) is 28.0. The molecule has 0 radical (unpaired) electrons. The lowest BCUT2D eigenvalue weighted by Crippen LogP contribution is -2.51. The van der Waals surface area contributed by atoms with Gasteiger partial charge in [0, 0.05) is 85.1 Å². The second-order valence-corrected chi connectivity index (χ2v) is 19.9. The van der Waals surface area contributed by atoms with Crippen molar-refractivity contribution in [1.29, 1.82) is 0 Å². The summed E-state index contributed by atoms with van der Waals surface area (Å²) in [6.07, 6.45) is 41.1. The fourth-order valence-electron chi connectivity index (χ4n) is 9.28. The molecule has 0 atom stereocenters. The molecule has 1 heterocycles. The highest BCUT2D eigenvalue weighted by molar-refractivity contribution is 5.81. The Morgan fingerprint density at radius 2 is 0.574 bits per heavy atom. The van der Waals surface area contributed by atoms with Crippen LogP contribution >= 0.6 is 0 Å². The molecule has 1 fully saturated rings. The van der Waals surface area contributed by atoms with Crippen LogP contribution in [-0.4, -0.2) is 153 Å². The van der Waals surface area contributed by atoms with Crippen LogP contribution in [0.1, 0.15) is 219 Å².